The molecular weight excluding hydrogens is 188 g/mol. The van der Waals surface area contributed by atoms with E-state index >= 15 is 0 Å². The molecule has 0 radical (unpaired) electrons. The Morgan fingerprint density at radius 2 is 1.64 bits per heavy atom. The second-order valence-corrected chi connectivity index (χ2v) is 5.05. The van der Waals surface area contributed by atoms with Crippen LogP contribution < -0.4 is 0 Å². The van der Waals surface area contributed by atoms with Crippen molar-refractivity contribution >= 4 is 11.8 Å². The first-order valence-electron chi connectivity index (χ1n) is 5.35. The smallest absolute Gasteiger partial charge is 0.00774 e. The summed E-state index contributed by atoms with van der Waals surface area (Å²) in [6.07, 6.45) is 2.60. The molecule has 0 aliphatic carbocycles. The van der Waals surface area contributed by atoms with Gasteiger partial charge in [0.15, 0.2) is 0 Å². The summed E-state index contributed by atoms with van der Waals surface area (Å²) in [6.45, 7) is 8.84. The van der Waals surface area contributed by atoms with Gasteiger partial charge in [-0.1, -0.05) is 13.3 Å². The number of hydrogen-bond donors (Lipinski definition) is 0. The van der Waals surface area contributed by atoms with Crippen molar-refractivity contribution in [1.29, 1.82) is 0 Å². The second-order valence-electron chi connectivity index (χ2n) is 3.88. The van der Waals surface area contributed by atoms with Crippen LogP contribution in [-0.4, -0.2) is 5.75 Å². The van der Waals surface area contributed by atoms with Gasteiger partial charge in [-0.05, 0) is 61.8 Å². The lowest BCUT2D eigenvalue weighted by Gasteiger charge is -2.08. The summed E-state index contributed by atoms with van der Waals surface area (Å²) in [6, 6.07) is 4.62. The molecule has 0 aliphatic heterocycles. The fourth-order valence-electron chi connectivity index (χ4n) is 1.41. The highest BCUT2D eigenvalue weighted by Crippen LogP contribution is 2.24. The van der Waals surface area contributed by atoms with Gasteiger partial charge in [0.05, 0.1) is 0 Å². The van der Waals surface area contributed by atoms with Crippen molar-refractivity contribution in [2.75, 3.05) is 5.75 Å². The lowest BCUT2D eigenvalue weighted by Crippen LogP contribution is -1.88. The number of hydrogen-bond acceptors (Lipinski definition) is 1. The van der Waals surface area contributed by atoms with E-state index in [-0.39, 0.29) is 0 Å². The van der Waals surface area contributed by atoms with Crippen molar-refractivity contribution in [3.8, 4) is 0 Å². The number of thioether (sulfide) groups is 1. The third-order valence-electron chi connectivity index (χ3n) is 2.67. The van der Waals surface area contributed by atoms with Gasteiger partial charge in [-0.3, -0.25) is 0 Å². The van der Waals surface area contributed by atoms with Crippen LogP contribution in [-0.2, 0) is 0 Å². The zero-order valence-electron chi connectivity index (χ0n) is 9.68. The van der Waals surface area contributed by atoms with Crippen molar-refractivity contribution < 1.29 is 0 Å². The summed E-state index contributed by atoms with van der Waals surface area (Å²) in [5.41, 5.74) is 4.28. The molecule has 1 rings (SSSR count). The Morgan fingerprint density at radius 1 is 1.07 bits per heavy atom. The summed E-state index contributed by atoms with van der Waals surface area (Å²) >= 11 is 1.98. The fourth-order valence-corrected chi connectivity index (χ4v) is 2.60. The quantitative estimate of drug-likeness (QED) is 0.518. The molecule has 0 heterocycles. The molecule has 1 heteroatoms. The SMILES string of the molecule is CCCCSc1cc(C)c(C)c(C)c1. The van der Waals surface area contributed by atoms with Gasteiger partial charge >= 0.3 is 0 Å². The highest BCUT2D eigenvalue weighted by molar-refractivity contribution is 7.99. The molecule has 14 heavy (non-hydrogen) atoms. The summed E-state index contributed by atoms with van der Waals surface area (Å²) in [4.78, 5) is 1.43. The van der Waals surface area contributed by atoms with E-state index in [1.165, 1.54) is 40.2 Å². The van der Waals surface area contributed by atoms with Crippen LogP contribution in [0.1, 0.15) is 36.5 Å². The summed E-state index contributed by atoms with van der Waals surface area (Å²) in [7, 11) is 0. The molecule has 0 aromatic heterocycles. The van der Waals surface area contributed by atoms with E-state index in [0.717, 1.165) is 0 Å². The summed E-state index contributed by atoms with van der Waals surface area (Å²) in [5.74, 6) is 1.25. The maximum absolute atomic E-state index is 2.31. The molecule has 0 saturated heterocycles. The van der Waals surface area contributed by atoms with Crippen LogP contribution >= 0.6 is 11.8 Å². The maximum atomic E-state index is 2.31. The molecule has 0 unspecified atom stereocenters. The average molecular weight is 208 g/mol. The minimum Gasteiger partial charge on any atom is -0.126 e. The Balaban J connectivity index is 2.69. The van der Waals surface area contributed by atoms with Crippen molar-refractivity contribution in [3.05, 3.63) is 28.8 Å². The van der Waals surface area contributed by atoms with Gasteiger partial charge in [0.25, 0.3) is 0 Å². The van der Waals surface area contributed by atoms with E-state index in [4.69, 9.17) is 0 Å². The normalized spacial score (nSPS) is 10.6. The predicted octanol–water partition coefficient (Wildman–Crippen LogP) is 4.50. The summed E-state index contributed by atoms with van der Waals surface area (Å²) in [5, 5.41) is 0. The van der Waals surface area contributed by atoms with Gasteiger partial charge < -0.3 is 0 Å². The standard InChI is InChI=1S/C13H20S/c1-5-6-7-14-13-8-10(2)12(4)11(3)9-13/h8-9H,5-7H2,1-4H3. The van der Waals surface area contributed by atoms with E-state index in [1.54, 1.807) is 0 Å². The average Bonchev–Trinajstić information content (AvgIpc) is 2.14. The number of benzene rings is 1. The Hall–Kier alpha value is -0.430. The zero-order chi connectivity index (χ0) is 10.6. The molecule has 0 aliphatic rings. The third kappa shape index (κ3) is 3.06. The first-order chi connectivity index (χ1) is 6.65. The van der Waals surface area contributed by atoms with Crippen LogP contribution in [0.25, 0.3) is 0 Å². The molecule has 0 spiro atoms. The van der Waals surface area contributed by atoms with Crippen LogP contribution in [0.15, 0.2) is 17.0 Å². The Labute approximate surface area is 92.1 Å². The van der Waals surface area contributed by atoms with Crippen LogP contribution in [0.2, 0.25) is 0 Å². The topological polar surface area (TPSA) is 0 Å². The maximum Gasteiger partial charge on any atom is 0.00774 e. The minimum absolute atomic E-state index is 1.25. The van der Waals surface area contributed by atoms with Gasteiger partial charge in [0, 0.05) is 4.90 Å². The van der Waals surface area contributed by atoms with Gasteiger partial charge in [0.1, 0.15) is 0 Å². The molecule has 0 saturated carbocycles. The molecule has 0 atom stereocenters. The van der Waals surface area contributed by atoms with E-state index < -0.39 is 0 Å². The number of unbranched alkanes of at least 4 members (excludes halogenated alkanes) is 1. The van der Waals surface area contributed by atoms with Crippen molar-refractivity contribution in [2.45, 2.75) is 45.4 Å². The minimum atomic E-state index is 1.25. The van der Waals surface area contributed by atoms with Gasteiger partial charge in [-0.15, -0.1) is 11.8 Å². The second kappa shape index (κ2) is 5.45. The van der Waals surface area contributed by atoms with E-state index in [1.807, 2.05) is 11.8 Å². The van der Waals surface area contributed by atoms with Crippen molar-refractivity contribution in [1.82, 2.24) is 0 Å². The molecule has 0 amide bonds. The van der Waals surface area contributed by atoms with E-state index in [0.29, 0.717) is 0 Å². The molecule has 0 bridgehead atoms. The van der Waals surface area contributed by atoms with Crippen molar-refractivity contribution in [3.63, 3.8) is 0 Å². The van der Waals surface area contributed by atoms with Gasteiger partial charge in [-0.2, -0.15) is 0 Å². The Kier molecular flexibility index (Phi) is 4.53. The van der Waals surface area contributed by atoms with Gasteiger partial charge in [0.2, 0.25) is 0 Å². The first kappa shape index (κ1) is 11.6. The van der Waals surface area contributed by atoms with Crippen LogP contribution in [0, 0.1) is 20.8 Å². The molecule has 1 aromatic carbocycles. The first-order valence-corrected chi connectivity index (χ1v) is 6.34. The molecule has 0 nitrogen and oxygen atoms in total. The summed E-state index contributed by atoms with van der Waals surface area (Å²) < 4.78 is 0. The zero-order valence-corrected chi connectivity index (χ0v) is 10.5. The monoisotopic (exact) mass is 208 g/mol. The Morgan fingerprint density at radius 3 is 2.14 bits per heavy atom. The highest BCUT2D eigenvalue weighted by Gasteiger charge is 2.00. The largest absolute Gasteiger partial charge is 0.126 e. The number of aryl methyl sites for hydroxylation is 2. The van der Waals surface area contributed by atoms with Crippen LogP contribution in [0.3, 0.4) is 0 Å². The van der Waals surface area contributed by atoms with Crippen LogP contribution in [0.4, 0.5) is 0 Å². The molecule has 0 fully saturated rings. The lowest BCUT2D eigenvalue weighted by atomic mass is 10.1. The van der Waals surface area contributed by atoms with Crippen molar-refractivity contribution in [2.24, 2.45) is 0 Å². The van der Waals surface area contributed by atoms with E-state index in [2.05, 4.69) is 39.8 Å². The fraction of sp³-hybridized carbons (Fsp3) is 0.538. The Bertz CT molecular complexity index is 279. The van der Waals surface area contributed by atoms with Gasteiger partial charge in [-0.25, -0.2) is 0 Å². The predicted molar refractivity (Wildman–Crippen MR) is 66.3 cm³/mol. The molecular formula is C13H20S. The van der Waals surface area contributed by atoms with E-state index in [9.17, 15) is 0 Å². The molecule has 1 aromatic rings. The molecule has 78 valence electrons. The lowest BCUT2D eigenvalue weighted by molar-refractivity contribution is 0.896. The highest BCUT2D eigenvalue weighted by atomic mass is 32.2. The number of rotatable bonds is 4. The molecule has 0 N–H and O–H groups in total. The van der Waals surface area contributed by atoms with Crippen LogP contribution in [0.5, 0.6) is 0 Å². The third-order valence-corrected chi connectivity index (χ3v) is 3.73.